The van der Waals surface area contributed by atoms with Crippen LogP contribution in [0.1, 0.15) is 50.4 Å². The van der Waals surface area contributed by atoms with E-state index in [4.69, 9.17) is 4.74 Å². The van der Waals surface area contributed by atoms with Crippen LogP contribution in [-0.4, -0.2) is 50.8 Å². The molecule has 7 nitrogen and oxygen atoms in total. The van der Waals surface area contributed by atoms with Crippen LogP contribution in [0.2, 0.25) is 0 Å². The molecule has 0 bridgehead atoms. The molecule has 28 heavy (non-hydrogen) atoms. The summed E-state index contributed by atoms with van der Waals surface area (Å²) in [6.07, 6.45) is 2.40. The standard InChI is InChI=1S/C20H30N2O5S/c1-5-15(3)18(20(24)27-4)21-19(23)16-6-8-17(9-7-16)28(25,26)22-12-10-14(2)11-13-22/h6-9,14-15,18H,5,10-13H2,1-4H3,(H,21,23)/t15-,18+/m0/s1. The van der Waals surface area contributed by atoms with Gasteiger partial charge in [-0.2, -0.15) is 4.31 Å². The topological polar surface area (TPSA) is 92.8 Å². The van der Waals surface area contributed by atoms with Crippen molar-refractivity contribution in [3.8, 4) is 0 Å². The quantitative estimate of drug-likeness (QED) is 0.697. The Morgan fingerprint density at radius 1 is 1.21 bits per heavy atom. The highest BCUT2D eigenvalue weighted by Crippen LogP contribution is 2.23. The number of carbonyl (C=O) groups is 2. The van der Waals surface area contributed by atoms with E-state index in [0.29, 0.717) is 31.0 Å². The van der Waals surface area contributed by atoms with Gasteiger partial charge in [0.15, 0.2) is 0 Å². The summed E-state index contributed by atoms with van der Waals surface area (Å²) < 4.78 is 31.8. The van der Waals surface area contributed by atoms with Crippen molar-refractivity contribution >= 4 is 21.9 Å². The van der Waals surface area contributed by atoms with Crippen molar-refractivity contribution in [2.24, 2.45) is 11.8 Å². The molecular weight excluding hydrogens is 380 g/mol. The monoisotopic (exact) mass is 410 g/mol. The number of benzene rings is 1. The molecule has 8 heteroatoms. The first-order valence-corrected chi connectivity index (χ1v) is 11.1. The first-order chi connectivity index (χ1) is 13.2. The van der Waals surface area contributed by atoms with E-state index in [1.807, 2.05) is 13.8 Å². The van der Waals surface area contributed by atoms with Crippen molar-refractivity contribution in [1.29, 1.82) is 0 Å². The van der Waals surface area contributed by atoms with Gasteiger partial charge in [0.05, 0.1) is 12.0 Å². The molecule has 0 radical (unpaired) electrons. The van der Waals surface area contributed by atoms with Gasteiger partial charge < -0.3 is 10.1 Å². The number of nitrogens with one attached hydrogen (secondary N) is 1. The zero-order valence-corrected chi connectivity index (χ0v) is 17.8. The van der Waals surface area contributed by atoms with Gasteiger partial charge >= 0.3 is 5.97 Å². The molecule has 0 aliphatic carbocycles. The maximum absolute atomic E-state index is 12.8. The van der Waals surface area contributed by atoms with Gasteiger partial charge in [-0.05, 0) is 48.9 Å². The van der Waals surface area contributed by atoms with Crippen LogP contribution in [-0.2, 0) is 19.6 Å². The number of esters is 1. The fourth-order valence-corrected chi connectivity index (χ4v) is 4.64. The number of rotatable bonds is 7. The Hall–Kier alpha value is -1.93. The molecule has 1 fully saturated rings. The first kappa shape index (κ1) is 22.4. The van der Waals surface area contributed by atoms with Crippen molar-refractivity contribution in [2.45, 2.75) is 51.0 Å². The highest BCUT2D eigenvalue weighted by molar-refractivity contribution is 7.89. The first-order valence-electron chi connectivity index (χ1n) is 9.69. The van der Waals surface area contributed by atoms with Crippen LogP contribution in [0.4, 0.5) is 0 Å². The van der Waals surface area contributed by atoms with Crippen LogP contribution in [0.5, 0.6) is 0 Å². The Balaban J connectivity index is 2.12. The van der Waals surface area contributed by atoms with Crippen molar-refractivity contribution in [2.75, 3.05) is 20.2 Å². The van der Waals surface area contributed by atoms with Crippen LogP contribution >= 0.6 is 0 Å². The van der Waals surface area contributed by atoms with Crippen molar-refractivity contribution in [1.82, 2.24) is 9.62 Å². The van der Waals surface area contributed by atoms with Crippen LogP contribution in [0.3, 0.4) is 0 Å². The molecule has 2 rings (SSSR count). The molecule has 0 saturated carbocycles. The third kappa shape index (κ3) is 5.11. The SMILES string of the molecule is CC[C@H](C)[C@@H](NC(=O)c1ccc(S(=O)(=O)N2CCC(C)CC2)cc1)C(=O)OC. The highest BCUT2D eigenvalue weighted by Gasteiger charge is 2.29. The Kier molecular flexibility index (Phi) is 7.60. The van der Waals surface area contributed by atoms with E-state index in [1.165, 1.54) is 35.7 Å². The number of ether oxygens (including phenoxy) is 1. The minimum Gasteiger partial charge on any atom is -0.467 e. The van der Waals surface area contributed by atoms with E-state index >= 15 is 0 Å². The molecule has 1 heterocycles. The van der Waals surface area contributed by atoms with Gasteiger partial charge in [-0.1, -0.05) is 27.2 Å². The summed E-state index contributed by atoms with van der Waals surface area (Å²) in [4.78, 5) is 24.6. The predicted octanol–water partition coefficient (Wildman–Crippen LogP) is 2.42. The summed E-state index contributed by atoms with van der Waals surface area (Å²) in [6.45, 7) is 6.94. The molecule has 1 aliphatic rings. The normalized spacial score (nSPS) is 18.3. The Labute approximate surface area is 167 Å². The van der Waals surface area contributed by atoms with Gasteiger partial charge in [0.25, 0.3) is 5.91 Å². The van der Waals surface area contributed by atoms with E-state index in [0.717, 1.165) is 12.8 Å². The minimum absolute atomic E-state index is 0.0856. The van der Waals surface area contributed by atoms with Gasteiger partial charge in [0.2, 0.25) is 10.0 Å². The maximum Gasteiger partial charge on any atom is 0.328 e. The molecule has 2 atom stereocenters. The van der Waals surface area contributed by atoms with Crippen LogP contribution in [0, 0.1) is 11.8 Å². The molecule has 1 aromatic rings. The maximum atomic E-state index is 12.8. The number of hydrogen-bond donors (Lipinski definition) is 1. The Morgan fingerprint density at radius 3 is 2.29 bits per heavy atom. The third-order valence-corrected chi connectivity index (χ3v) is 7.36. The Bertz CT molecular complexity index is 783. The lowest BCUT2D eigenvalue weighted by molar-refractivity contribution is -0.144. The number of piperidine rings is 1. The fraction of sp³-hybridized carbons (Fsp3) is 0.600. The molecular formula is C20H30N2O5S. The second kappa shape index (κ2) is 9.52. The number of hydrogen-bond acceptors (Lipinski definition) is 5. The van der Waals surface area contributed by atoms with Crippen LogP contribution in [0.25, 0.3) is 0 Å². The molecule has 1 saturated heterocycles. The van der Waals surface area contributed by atoms with E-state index in [-0.39, 0.29) is 10.8 Å². The lowest BCUT2D eigenvalue weighted by Gasteiger charge is -2.29. The fourth-order valence-electron chi connectivity index (χ4n) is 3.17. The minimum atomic E-state index is -3.56. The zero-order chi connectivity index (χ0) is 20.9. The highest BCUT2D eigenvalue weighted by atomic mass is 32.2. The van der Waals surface area contributed by atoms with E-state index in [2.05, 4.69) is 12.2 Å². The van der Waals surface area contributed by atoms with Gasteiger partial charge in [0, 0.05) is 18.7 Å². The number of carbonyl (C=O) groups excluding carboxylic acids is 2. The van der Waals surface area contributed by atoms with Crippen molar-refractivity contribution in [3.05, 3.63) is 29.8 Å². The molecule has 1 aromatic carbocycles. The Morgan fingerprint density at radius 2 is 1.79 bits per heavy atom. The molecule has 1 N–H and O–H groups in total. The van der Waals surface area contributed by atoms with Gasteiger partial charge in [-0.3, -0.25) is 4.79 Å². The molecule has 0 aromatic heterocycles. The number of nitrogens with zero attached hydrogens (tertiary/aromatic N) is 1. The molecule has 1 amide bonds. The molecule has 156 valence electrons. The van der Waals surface area contributed by atoms with Gasteiger partial charge in [-0.15, -0.1) is 0 Å². The van der Waals surface area contributed by atoms with Gasteiger partial charge in [0.1, 0.15) is 6.04 Å². The smallest absolute Gasteiger partial charge is 0.328 e. The summed E-state index contributed by atoms with van der Waals surface area (Å²) in [5.74, 6) is -0.490. The summed E-state index contributed by atoms with van der Waals surface area (Å²) in [5.41, 5.74) is 0.295. The van der Waals surface area contributed by atoms with Gasteiger partial charge in [-0.25, -0.2) is 13.2 Å². The lowest BCUT2D eigenvalue weighted by atomic mass is 9.99. The largest absolute Gasteiger partial charge is 0.467 e. The lowest BCUT2D eigenvalue weighted by Crippen LogP contribution is -2.45. The zero-order valence-electron chi connectivity index (χ0n) is 17.0. The average Bonchev–Trinajstić information content (AvgIpc) is 2.71. The van der Waals surface area contributed by atoms with E-state index in [9.17, 15) is 18.0 Å². The van der Waals surface area contributed by atoms with Crippen LogP contribution < -0.4 is 5.32 Å². The summed E-state index contributed by atoms with van der Waals surface area (Å²) >= 11 is 0. The van der Waals surface area contributed by atoms with Crippen LogP contribution in [0.15, 0.2) is 29.2 Å². The average molecular weight is 411 g/mol. The summed E-state index contributed by atoms with van der Waals surface area (Å²) in [7, 11) is -2.28. The molecule has 0 spiro atoms. The number of sulfonamides is 1. The predicted molar refractivity (Wildman–Crippen MR) is 106 cm³/mol. The summed E-state index contributed by atoms with van der Waals surface area (Å²) in [6, 6.07) is 5.08. The third-order valence-electron chi connectivity index (χ3n) is 5.45. The van der Waals surface area contributed by atoms with Crippen molar-refractivity contribution in [3.63, 3.8) is 0 Å². The number of amides is 1. The summed E-state index contributed by atoms with van der Waals surface area (Å²) in [5, 5.41) is 2.69. The number of methoxy groups -OCH3 is 1. The van der Waals surface area contributed by atoms with E-state index < -0.39 is 27.9 Å². The second-order valence-electron chi connectivity index (χ2n) is 7.47. The molecule has 1 aliphatic heterocycles. The second-order valence-corrected chi connectivity index (χ2v) is 9.41. The molecule has 0 unspecified atom stereocenters. The van der Waals surface area contributed by atoms with Crippen molar-refractivity contribution < 1.29 is 22.7 Å². The van der Waals surface area contributed by atoms with E-state index in [1.54, 1.807) is 0 Å².